The van der Waals surface area contributed by atoms with Gasteiger partial charge in [0.05, 0.1) is 0 Å². The van der Waals surface area contributed by atoms with Gasteiger partial charge in [-0.05, 0) is 66.9 Å². The zero-order valence-electron chi connectivity index (χ0n) is 18.8. The Bertz CT molecular complexity index is 1080. The maximum absolute atomic E-state index is 12.7. The van der Waals surface area contributed by atoms with Crippen LogP contribution >= 0.6 is 0 Å². The van der Waals surface area contributed by atoms with Gasteiger partial charge in [0.2, 0.25) is 5.91 Å². The fourth-order valence-electron chi connectivity index (χ4n) is 4.61. The van der Waals surface area contributed by atoms with Crippen LogP contribution in [0.4, 0.5) is 0 Å². The third-order valence-corrected chi connectivity index (χ3v) is 6.63. The number of carbonyl (C=O) groups is 2. The number of nitrogens with zero attached hydrogens (tertiary/aromatic N) is 1. The predicted octanol–water partition coefficient (Wildman–Crippen LogP) is 4.29. The number of piperidine rings is 1. The van der Waals surface area contributed by atoms with E-state index in [1.165, 1.54) is 16.3 Å². The largest absolute Gasteiger partial charge is 0.355 e. The molecule has 32 heavy (non-hydrogen) atoms. The standard InChI is InChI=1S/C27H31N3O2/c1-19(24-9-5-7-21-6-3-4-8-25(21)24)30-16-14-23(15-17-30)27(32)29-18-20-10-12-22(13-11-20)26(31)28-2/h3-13,19,23H,14-18H2,1-2H3,(H,28,31)(H,29,32)/t19-/m1/s1. The number of rotatable bonds is 6. The molecule has 1 fully saturated rings. The Kier molecular flexibility index (Phi) is 6.86. The molecule has 5 nitrogen and oxygen atoms in total. The summed E-state index contributed by atoms with van der Waals surface area (Å²) in [4.78, 5) is 26.9. The van der Waals surface area contributed by atoms with Crippen molar-refractivity contribution in [1.82, 2.24) is 15.5 Å². The van der Waals surface area contributed by atoms with Gasteiger partial charge in [-0.2, -0.15) is 0 Å². The van der Waals surface area contributed by atoms with Gasteiger partial charge in [-0.3, -0.25) is 14.5 Å². The zero-order valence-corrected chi connectivity index (χ0v) is 18.8. The van der Waals surface area contributed by atoms with Gasteiger partial charge in [0.1, 0.15) is 0 Å². The molecule has 0 aliphatic carbocycles. The molecular formula is C27H31N3O2. The number of amides is 2. The lowest BCUT2D eigenvalue weighted by Crippen LogP contribution is -2.41. The Balaban J connectivity index is 1.30. The van der Waals surface area contributed by atoms with Gasteiger partial charge in [-0.1, -0.05) is 54.6 Å². The second kappa shape index (κ2) is 9.96. The lowest BCUT2D eigenvalue weighted by atomic mass is 9.92. The first-order valence-electron chi connectivity index (χ1n) is 11.4. The van der Waals surface area contributed by atoms with Crippen molar-refractivity contribution in [3.05, 3.63) is 83.4 Å². The highest BCUT2D eigenvalue weighted by atomic mass is 16.2. The van der Waals surface area contributed by atoms with Crippen LogP contribution in [0.5, 0.6) is 0 Å². The second-order valence-corrected chi connectivity index (χ2v) is 8.55. The van der Waals surface area contributed by atoms with Crippen molar-refractivity contribution >= 4 is 22.6 Å². The molecule has 2 N–H and O–H groups in total. The first-order valence-corrected chi connectivity index (χ1v) is 11.4. The second-order valence-electron chi connectivity index (χ2n) is 8.55. The highest BCUT2D eigenvalue weighted by Gasteiger charge is 2.28. The van der Waals surface area contributed by atoms with E-state index in [1.807, 2.05) is 12.1 Å². The van der Waals surface area contributed by atoms with Crippen LogP contribution in [0.25, 0.3) is 10.8 Å². The highest BCUT2D eigenvalue weighted by molar-refractivity contribution is 5.94. The molecule has 0 radical (unpaired) electrons. The molecule has 1 aliphatic heterocycles. The summed E-state index contributed by atoms with van der Waals surface area (Å²) in [5.41, 5.74) is 2.97. The Morgan fingerprint density at radius 3 is 2.38 bits per heavy atom. The summed E-state index contributed by atoms with van der Waals surface area (Å²) in [6.07, 6.45) is 1.74. The van der Waals surface area contributed by atoms with Crippen LogP contribution in [0.15, 0.2) is 66.7 Å². The Morgan fingerprint density at radius 2 is 1.66 bits per heavy atom. The van der Waals surface area contributed by atoms with E-state index in [4.69, 9.17) is 0 Å². The van der Waals surface area contributed by atoms with E-state index in [0.29, 0.717) is 18.2 Å². The summed E-state index contributed by atoms with van der Waals surface area (Å²) in [6.45, 7) is 4.59. The molecule has 0 spiro atoms. The minimum atomic E-state index is -0.106. The van der Waals surface area contributed by atoms with E-state index < -0.39 is 0 Å². The molecule has 0 aromatic heterocycles. The highest BCUT2D eigenvalue weighted by Crippen LogP contribution is 2.31. The number of carbonyl (C=O) groups excluding carboxylic acids is 2. The van der Waals surface area contributed by atoms with E-state index in [9.17, 15) is 9.59 Å². The zero-order chi connectivity index (χ0) is 22.5. The lowest BCUT2D eigenvalue weighted by molar-refractivity contribution is -0.126. The van der Waals surface area contributed by atoms with Gasteiger partial charge in [0, 0.05) is 31.1 Å². The molecule has 3 aromatic rings. The third-order valence-electron chi connectivity index (χ3n) is 6.63. The minimum absolute atomic E-state index is 0.0520. The quantitative estimate of drug-likeness (QED) is 0.615. The monoisotopic (exact) mass is 429 g/mol. The molecule has 1 saturated heterocycles. The molecule has 0 bridgehead atoms. The average molecular weight is 430 g/mol. The van der Waals surface area contributed by atoms with Crippen LogP contribution in [-0.2, 0) is 11.3 Å². The van der Waals surface area contributed by atoms with Crippen LogP contribution < -0.4 is 10.6 Å². The van der Waals surface area contributed by atoms with Crippen molar-refractivity contribution in [2.24, 2.45) is 5.92 Å². The molecule has 0 saturated carbocycles. The number of benzene rings is 3. The van der Waals surface area contributed by atoms with Gasteiger partial charge < -0.3 is 10.6 Å². The summed E-state index contributed by atoms with van der Waals surface area (Å²) >= 11 is 0. The summed E-state index contributed by atoms with van der Waals surface area (Å²) in [5, 5.41) is 8.27. The van der Waals surface area contributed by atoms with Gasteiger partial charge in [-0.15, -0.1) is 0 Å². The topological polar surface area (TPSA) is 61.4 Å². The van der Waals surface area contributed by atoms with Crippen LogP contribution in [0.3, 0.4) is 0 Å². The molecule has 2 amide bonds. The van der Waals surface area contributed by atoms with Crippen molar-refractivity contribution in [3.8, 4) is 0 Å². The SMILES string of the molecule is CNC(=O)c1ccc(CNC(=O)C2CCN([C@H](C)c3cccc4ccccc34)CC2)cc1. The van der Waals surface area contributed by atoms with E-state index in [1.54, 1.807) is 19.2 Å². The average Bonchev–Trinajstić information content (AvgIpc) is 2.86. The molecular weight excluding hydrogens is 398 g/mol. The molecule has 0 unspecified atom stereocenters. The molecule has 1 aliphatic rings. The van der Waals surface area contributed by atoms with Crippen LogP contribution in [-0.4, -0.2) is 36.9 Å². The molecule has 1 atom stereocenters. The Labute approximate surface area is 189 Å². The van der Waals surface area contributed by atoms with Gasteiger partial charge in [0.15, 0.2) is 0 Å². The molecule has 166 valence electrons. The van der Waals surface area contributed by atoms with E-state index in [2.05, 4.69) is 64.9 Å². The maximum atomic E-state index is 12.7. The molecule has 5 heteroatoms. The fraction of sp³-hybridized carbons (Fsp3) is 0.333. The smallest absolute Gasteiger partial charge is 0.251 e. The number of hydrogen-bond acceptors (Lipinski definition) is 3. The summed E-state index contributed by atoms with van der Waals surface area (Å²) in [7, 11) is 1.62. The first kappa shape index (κ1) is 22.0. The number of fused-ring (bicyclic) bond motifs is 1. The summed E-state index contributed by atoms with van der Waals surface area (Å²) < 4.78 is 0. The van der Waals surface area contributed by atoms with Crippen molar-refractivity contribution in [2.75, 3.05) is 20.1 Å². The molecule has 4 rings (SSSR count). The normalized spacial score (nSPS) is 15.9. The number of likely N-dealkylation sites (tertiary alicyclic amines) is 1. The summed E-state index contributed by atoms with van der Waals surface area (Å²) in [6, 6.07) is 22.7. The Morgan fingerprint density at radius 1 is 0.969 bits per heavy atom. The first-order chi connectivity index (χ1) is 15.6. The fourth-order valence-corrected chi connectivity index (χ4v) is 4.61. The van der Waals surface area contributed by atoms with Crippen LogP contribution in [0.2, 0.25) is 0 Å². The summed E-state index contributed by atoms with van der Waals surface area (Å²) in [5.74, 6) is 0.0685. The van der Waals surface area contributed by atoms with Gasteiger partial charge in [0.25, 0.3) is 5.91 Å². The van der Waals surface area contributed by atoms with Crippen molar-refractivity contribution < 1.29 is 9.59 Å². The molecule has 3 aromatic carbocycles. The van der Waals surface area contributed by atoms with Crippen molar-refractivity contribution in [3.63, 3.8) is 0 Å². The predicted molar refractivity (Wildman–Crippen MR) is 128 cm³/mol. The van der Waals surface area contributed by atoms with Crippen LogP contribution in [0, 0.1) is 5.92 Å². The van der Waals surface area contributed by atoms with Crippen molar-refractivity contribution in [1.29, 1.82) is 0 Å². The van der Waals surface area contributed by atoms with Gasteiger partial charge in [-0.25, -0.2) is 0 Å². The van der Waals surface area contributed by atoms with Gasteiger partial charge >= 0.3 is 0 Å². The van der Waals surface area contributed by atoms with E-state index >= 15 is 0 Å². The van der Waals surface area contributed by atoms with E-state index in [0.717, 1.165) is 31.5 Å². The van der Waals surface area contributed by atoms with Crippen LogP contribution in [0.1, 0.15) is 47.3 Å². The third kappa shape index (κ3) is 4.83. The number of hydrogen-bond donors (Lipinski definition) is 2. The molecule has 1 heterocycles. The minimum Gasteiger partial charge on any atom is -0.355 e. The lowest BCUT2D eigenvalue weighted by Gasteiger charge is -2.36. The Hall–Kier alpha value is -3.18. The van der Waals surface area contributed by atoms with E-state index in [-0.39, 0.29) is 17.7 Å². The number of nitrogens with one attached hydrogen (secondary N) is 2. The van der Waals surface area contributed by atoms with Crippen molar-refractivity contribution in [2.45, 2.75) is 32.4 Å². The maximum Gasteiger partial charge on any atom is 0.251 e.